The summed E-state index contributed by atoms with van der Waals surface area (Å²) in [5.41, 5.74) is 1.35. The first-order valence-corrected chi connectivity index (χ1v) is 11.4. The first-order chi connectivity index (χ1) is 15.7. The molecule has 9 heteroatoms. The van der Waals surface area contributed by atoms with Crippen molar-refractivity contribution in [3.63, 3.8) is 0 Å². The third-order valence-electron chi connectivity index (χ3n) is 4.95. The van der Waals surface area contributed by atoms with Gasteiger partial charge in [0.15, 0.2) is 6.61 Å². The Balaban J connectivity index is 1.58. The zero-order chi connectivity index (χ0) is 24.0. The first kappa shape index (κ1) is 23.9. The summed E-state index contributed by atoms with van der Waals surface area (Å²) in [4.78, 5) is 25.9. The second-order valence-corrected chi connectivity index (χ2v) is 9.25. The minimum Gasteiger partial charge on any atom is -0.452 e. The van der Waals surface area contributed by atoms with E-state index in [-0.39, 0.29) is 22.8 Å². The second-order valence-electron chi connectivity index (χ2n) is 7.28. The molecule has 0 atom stereocenters. The summed E-state index contributed by atoms with van der Waals surface area (Å²) in [6.45, 7) is -0.245. The van der Waals surface area contributed by atoms with Gasteiger partial charge >= 0.3 is 5.97 Å². The van der Waals surface area contributed by atoms with E-state index in [0.717, 1.165) is 9.87 Å². The summed E-state index contributed by atoms with van der Waals surface area (Å²) in [7, 11) is -0.818. The molecule has 0 aliphatic rings. The molecule has 3 aromatic rings. The van der Waals surface area contributed by atoms with Crippen LogP contribution in [0, 0.1) is 5.82 Å². The molecule has 3 aromatic carbocycles. The van der Waals surface area contributed by atoms with Crippen molar-refractivity contribution in [2.75, 3.05) is 25.0 Å². The lowest BCUT2D eigenvalue weighted by Crippen LogP contribution is -2.30. The number of hydrogen-bond donors (Lipinski definition) is 0. The van der Waals surface area contributed by atoms with Gasteiger partial charge in [-0.3, -0.25) is 9.10 Å². The lowest BCUT2D eigenvalue weighted by Gasteiger charge is -2.19. The molecule has 0 spiro atoms. The van der Waals surface area contributed by atoms with Crippen LogP contribution in [0.1, 0.15) is 15.9 Å². The number of rotatable bonds is 8. The molecule has 0 heterocycles. The van der Waals surface area contributed by atoms with Crippen LogP contribution in [0.4, 0.5) is 10.1 Å². The number of sulfonamides is 1. The highest BCUT2D eigenvalue weighted by Crippen LogP contribution is 2.22. The zero-order valence-electron chi connectivity index (χ0n) is 18.1. The number of likely N-dealkylation sites (N-methyl/N-ethyl adjacent to an activating group) is 1. The maximum atomic E-state index is 13.0. The Morgan fingerprint density at radius 1 is 0.879 bits per heavy atom. The predicted octanol–water partition coefficient (Wildman–Crippen LogP) is 3.47. The monoisotopic (exact) mass is 470 g/mol. The average molecular weight is 471 g/mol. The predicted molar refractivity (Wildman–Crippen MR) is 122 cm³/mol. The van der Waals surface area contributed by atoms with Gasteiger partial charge in [0.2, 0.25) is 0 Å². The van der Waals surface area contributed by atoms with Crippen molar-refractivity contribution < 1.29 is 27.1 Å². The summed E-state index contributed by atoms with van der Waals surface area (Å²) in [6.07, 6.45) is 0. The highest BCUT2D eigenvalue weighted by molar-refractivity contribution is 7.92. The summed E-state index contributed by atoms with van der Waals surface area (Å²) in [6, 6.07) is 19.6. The molecule has 0 unspecified atom stereocenters. The average Bonchev–Trinajstić information content (AvgIpc) is 2.83. The molecule has 0 saturated carbocycles. The molecule has 0 N–H and O–H groups in total. The van der Waals surface area contributed by atoms with Gasteiger partial charge in [0.25, 0.3) is 15.9 Å². The minimum absolute atomic E-state index is 0.0144. The molecule has 0 radical (unpaired) electrons. The van der Waals surface area contributed by atoms with Crippen LogP contribution < -0.4 is 4.31 Å². The Bertz CT molecular complexity index is 1210. The van der Waals surface area contributed by atoms with E-state index in [9.17, 15) is 22.4 Å². The standard InChI is InChI=1S/C24H23FN2O5S/c1-26(16-18-8-12-20(25)13-9-18)23(28)17-32-24(29)19-10-14-22(15-11-19)33(30,31)27(2)21-6-4-3-5-7-21/h3-15H,16-17H2,1-2H3. The van der Waals surface area contributed by atoms with E-state index in [1.165, 1.54) is 48.3 Å². The van der Waals surface area contributed by atoms with Crippen molar-refractivity contribution in [2.45, 2.75) is 11.4 Å². The number of carbonyl (C=O) groups excluding carboxylic acids is 2. The number of esters is 1. The molecule has 0 aliphatic heterocycles. The Morgan fingerprint density at radius 2 is 1.48 bits per heavy atom. The summed E-state index contributed by atoms with van der Waals surface area (Å²) in [5, 5.41) is 0. The third kappa shape index (κ3) is 5.95. The molecule has 3 rings (SSSR count). The zero-order valence-corrected chi connectivity index (χ0v) is 19.0. The summed E-state index contributed by atoms with van der Waals surface area (Å²) in [5.74, 6) is -1.55. The molecule has 0 aromatic heterocycles. The molecular weight excluding hydrogens is 447 g/mol. The van der Waals surface area contributed by atoms with E-state index < -0.39 is 28.5 Å². The van der Waals surface area contributed by atoms with Crippen LogP contribution in [0.15, 0.2) is 83.8 Å². The Labute approximate surface area is 192 Å². The largest absolute Gasteiger partial charge is 0.452 e. The van der Waals surface area contributed by atoms with E-state index >= 15 is 0 Å². The van der Waals surface area contributed by atoms with E-state index in [4.69, 9.17) is 4.74 Å². The van der Waals surface area contributed by atoms with Crippen LogP contribution in [-0.2, 0) is 26.1 Å². The van der Waals surface area contributed by atoms with Gasteiger partial charge in [-0.25, -0.2) is 17.6 Å². The Hall–Kier alpha value is -3.72. The smallest absolute Gasteiger partial charge is 0.338 e. The van der Waals surface area contributed by atoms with E-state index in [2.05, 4.69) is 0 Å². The van der Waals surface area contributed by atoms with E-state index in [0.29, 0.717) is 5.69 Å². The van der Waals surface area contributed by atoms with Crippen LogP contribution in [0.25, 0.3) is 0 Å². The maximum absolute atomic E-state index is 13.0. The van der Waals surface area contributed by atoms with Gasteiger partial charge in [-0.05, 0) is 54.1 Å². The van der Waals surface area contributed by atoms with E-state index in [1.807, 2.05) is 0 Å². The van der Waals surface area contributed by atoms with Crippen molar-refractivity contribution in [1.82, 2.24) is 4.90 Å². The topological polar surface area (TPSA) is 84.0 Å². The number of hydrogen-bond acceptors (Lipinski definition) is 5. The molecular formula is C24H23FN2O5S. The lowest BCUT2D eigenvalue weighted by molar-refractivity contribution is -0.133. The molecule has 172 valence electrons. The van der Waals surface area contributed by atoms with Crippen LogP contribution in [0.5, 0.6) is 0 Å². The number of para-hydroxylation sites is 1. The summed E-state index contributed by atoms with van der Waals surface area (Å²) < 4.78 is 44.8. The van der Waals surface area contributed by atoms with Crippen LogP contribution in [0.3, 0.4) is 0 Å². The molecule has 1 amide bonds. The Kier molecular flexibility index (Phi) is 7.44. The number of halogens is 1. The van der Waals surface area contributed by atoms with Crippen LogP contribution in [0.2, 0.25) is 0 Å². The number of ether oxygens (including phenoxy) is 1. The van der Waals surface area contributed by atoms with Crippen molar-refractivity contribution in [2.24, 2.45) is 0 Å². The molecule has 0 bridgehead atoms. The van der Waals surface area contributed by atoms with Crippen LogP contribution >= 0.6 is 0 Å². The van der Waals surface area contributed by atoms with Crippen molar-refractivity contribution in [3.05, 3.63) is 95.8 Å². The number of carbonyl (C=O) groups is 2. The third-order valence-corrected chi connectivity index (χ3v) is 6.75. The Morgan fingerprint density at radius 3 is 2.09 bits per heavy atom. The fourth-order valence-electron chi connectivity index (χ4n) is 2.97. The first-order valence-electron chi connectivity index (χ1n) is 9.98. The van der Waals surface area contributed by atoms with Gasteiger partial charge in [0, 0.05) is 20.6 Å². The maximum Gasteiger partial charge on any atom is 0.338 e. The fraction of sp³-hybridized carbons (Fsp3) is 0.167. The van der Waals surface area contributed by atoms with Crippen molar-refractivity contribution >= 4 is 27.6 Å². The molecule has 0 aliphatic carbocycles. The van der Waals surface area contributed by atoms with Crippen molar-refractivity contribution in [1.29, 1.82) is 0 Å². The fourth-order valence-corrected chi connectivity index (χ4v) is 4.17. The molecule has 7 nitrogen and oxygen atoms in total. The van der Waals surface area contributed by atoms with Gasteiger partial charge in [0.1, 0.15) is 5.82 Å². The summed E-state index contributed by atoms with van der Waals surface area (Å²) >= 11 is 0. The second kappa shape index (κ2) is 10.3. The highest BCUT2D eigenvalue weighted by Gasteiger charge is 2.22. The van der Waals surface area contributed by atoms with Gasteiger partial charge in [-0.1, -0.05) is 30.3 Å². The SMILES string of the molecule is CN(Cc1ccc(F)cc1)C(=O)COC(=O)c1ccc(S(=O)(=O)N(C)c2ccccc2)cc1. The normalized spacial score (nSPS) is 11.0. The highest BCUT2D eigenvalue weighted by atomic mass is 32.2. The quantitative estimate of drug-likeness (QED) is 0.471. The van der Waals surface area contributed by atoms with Gasteiger partial charge in [0.05, 0.1) is 16.1 Å². The number of nitrogens with zero attached hydrogens (tertiary/aromatic N) is 2. The van der Waals surface area contributed by atoms with Gasteiger partial charge in [-0.2, -0.15) is 0 Å². The van der Waals surface area contributed by atoms with E-state index in [1.54, 1.807) is 49.5 Å². The minimum atomic E-state index is -3.81. The number of benzene rings is 3. The van der Waals surface area contributed by atoms with Crippen molar-refractivity contribution in [3.8, 4) is 0 Å². The number of amides is 1. The molecule has 33 heavy (non-hydrogen) atoms. The molecule has 0 saturated heterocycles. The van der Waals surface area contributed by atoms with Crippen LogP contribution in [-0.4, -0.2) is 45.9 Å². The van der Waals surface area contributed by atoms with Gasteiger partial charge in [-0.15, -0.1) is 0 Å². The number of anilines is 1. The molecule has 0 fully saturated rings. The van der Waals surface area contributed by atoms with Gasteiger partial charge < -0.3 is 9.64 Å². The lowest BCUT2D eigenvalue weighted by atomic mass is 10.2.